The average Bonchev–Trinajstić information content (AvgIpc) is 2.81. The minimum atomic E-state index is -0.0680. The highest BCUT2D eigenvalue weighted by Crippen LogP contribution is 2.25. The highest BCUT2D eigenvalue weighted by molar-refractivity contribution is 7.13. The number of rotatable bonds is 4. The van der Waals surface area contributed by atoms with E-state index in [2.05, 4.69) is 15.6 Å². The van der Waals surface area contributed by atoms with E-state index in [4.69, 9.17) is 4.74 Å². The fourth-order valence-electron chi connectivity index (χ4n) is 2.13. The van der Waals surface area contributed by atoms with Gasteiger partial charge in [0.2, 0.25) is 0 Å². The molecule has 122 valence electrons. The molecule has 21 heavy (non-hydrogen) atoms. The van der Waals surface area contributed by atoms with Gasteiger partial charge in [-0.05, 0) is 33.2 Å². The van der Waals surface area contributed by atoms with Crippen LogP contribution in [0.1, 0.15) is 46.2 Å². The number of carbonyl (C=O) groups excluding carboxylic acids is 1. The number of hydrogen-bond acceptors (Lipinski definition) is 5. The van der Waals surface area contributed by atoms with E-state index in [1.165, 1.54) is 11.3 Å². The number of aryl methyl sites for hydroxylation is 1. The molecule has 0 saturated carbocycles. The van der Waals surface area contributed by atoms with Crippen molar-refractivity contribution in [1.29, 1.82) is 0 Å². The van der Waals surface area contributed by atoms with Crippen molar-refractivity contribution in [3.8, 4) is 0 Å². The predicted molar refractivity (Wildman–Crippen MR) is 90.1 cm³/mol. The summed E-state index contributed by atoms with van der Waals surface area (Å²) in [7, 11) is 1.65. The van der Waals surface area contributed by atoms with E-state index in [0.29, 0.717) is 4.88 Å². The molecule has 2 heterocycles. The molecule has 5 nitrogen and oxygen atoms in total. The second kappa shape index (κ2) is 9.58. The molecule has 2 rings (SSSR count). The first-order chi connectivity index (χ1) is 9.11. The fraction of sp³-hybridized carbons (Fsp3) is 0.692. The number of piperidine rings is 1. The minimum absolute atomic E-state index is 0. The number of methoxy groups -OCH3 is 1. The lowest BCUT2D eigenvalue weighted by molar-refractivity contribution is 0.0934. The molecule has 0 spiro atoms. The van der Waals surface area contributed by atoms with Gasteiger partial charge in [0, 0.05) is 19.7 Å². The Bertz CT molecular complexity index is 451. The van der Waals surface area contributed by atoms with Gasteiger partial charge in [0.15, 0.2) is 0 Å². The number of thiazole rings is 1. The second-order valence-corrected chi connectivity index (χ2v) is 5.89. The van der Waals surface area contributed by atoms with Crippen LogP contribution in [0.15, 0.2) is 0 Å². The van der Waals surface area contributed by atoms with Crippen molar-refractivity contribution in [2.75, 3.05) is 20.2 Å². The summed E-state index contributed by atoms with van der Waals surface area (Å²) in [6.45, 7) is 5.70. The van der Waals surface area contributed by atoms with Gasteiger partial charge >= 0.3 is 0 Å². The monoisotopic (exact) mass is 355 g/mol. The topological polar surface area (TPSA) is 63.2 Å². The van der Waals surface area contributed by atoms with E-state index in [-0.39, 0.29) is 42.9 Å². The molecular formula is C13H23Cl2N3O2S. The largest absolute Gasteiger partial charge is 0.375 e. The Hall–Kier alpha value is -0.400. The van der Waals surface area contributed by atoms with Crippen LogP contribution in [-0.2, 0) is 4.74 Å². The summed E-state index contributed by atoms with van der Waals surface area (Å²) < 4.78 is 5.24. The number of amides is 1. The Labute approximate surface area is 142 Å². The summed E-state index contributed by atoms with van der Waals surface area (Å²) in [5, 5.41) is 7.22. The summed E-state index contributed by atoms with van der Waals surface area (Å²) in [5.41, 5.74) is 0.783. The van der Waals surface area contributed by atoms with Gasteiger partial charge in [-0.1, -0.05) is 0 Å². The van der Waals surface area contributed by atoms with Crippen LogP contribution in [0.25, 0.3) is 0 Å². The number of nitrogens with one attached hydrogen (secondary N) is 2. The van der Waals surface area contributed by atoms with E-state index < -0.39 is 0 Å². The Balaban J connectivity index is 0.00000200. The number of ether oxygens (including phenoxy) is 1. The molecule has 1 aromatic heterocycles. The van der Waals surface area contributed by atoms with Crippen molar-refractivity contribution in [2.24, 2.45) is 0 Å². The molecule has 1 aliphatic rings. The smallest absolute Gasteiger partial charge is 0.263 e. The Kier molecular flexibility index (Phi) is 9.40. The second-order valence-electron chi connectivity index (χ2n) is 4.86. The van der Waals surface area contributed by atoms with E-state index in [0.717, 1.165) is 36.6 Å². The zero-order valence-electron chi connectivity index (χ0n) is 12.5. The number of hydrogen-bond donors (Lipinski definition) is 2. The predicted octanol–water partition coefficient (Wildman–Crippen LogP) is 2.48. The summed E-state index contributed by atoms with van der Waals surface area (Å²) in [4.78, 5) is 17.4. The maximum Gasteiger partial charge on any atom is 0.263 e. The lowest BCUT2D eigenvalue weighted by Gasteiger charge is -2.23. The van der Waals surface area contributed by atoms with E-state index in [9.17, 15) is 4.79 Å². The number of nitrogens with zero attached hydrogens (tertiary/aromatic N) is 1. The van der Waals surface area contributed by atoms with Crippen molar-refractivity contribution in [3.63, 3.8) is 0 Å². The Morgan fingerprint density at radius 3 is 2.81 bits per heavy atom. The van der Waals surface area contributed by atoms with Gasteiger partial charge in [0.25, 0.3) is 5.91 Å². The molecule has 0 bridgehead atoms. The lowest BCUT2D eigenvalue weighted by Crippen LogP contribution is -2.45. The van der Waals surface area contributed by atoms with Gasteiger partial charge in [-0.2, -0.15) is 0 Å². The Morgan fingerprint density at radius 2 is 2.24 bits per heavy atom. The first-order valence-corrected chi connectivity index (χ1v) is 7.45. The lowest BCUT2D eigenvalue weighted by atomic mass is 10.1. The molecule has 1 fully saturated rings. The molecule has 1 saturated heterocycles. The van der Waals surface area contributed by atoms with Gasteiger partial charge in [0.1, 0.15) is 16.0 Å². The molecule has 0 aliphatic carbocycles. The van der Waals surface area contributed by atoms with E-state index in [1.807, 2.05) is 13.8 Å². The van der Waals surface area contributed by atoms with Crippen molar-refractivity contribution in [3.05, 3.63) is 15.6 Å². The van der Waals surface area contributed by atoms with Crippen molar-refractivity contribution in [1.82, 2.24) is 15.6 Å². The molecule has 1 aromatic rings. The molecule has 0 aromatic carbocycles. The summed E-state index contributed by atoms with van der Waals surface area (Å²) in [5.74, 6) is -0.0155. The van der Waals surface area contributed by atoms with E-state index >= 15 is 0 Å². The minimum Gasteiger partial charge on any atom is -0.375 e. The summed E-state index contributed by atoms with van der Waals surface area (Å²) >= 11 is 1.42. The third kappa shape index (κ3) is 5.38. The molecule has 2 atom stereocenters. The molecule has 1 unspecified atom stereocenters. The Morgan fingerprint density at radius 1 is 1.52 bits per heavy atom. The maximum absolute atomic E-state index is 12.2. The molecule has 1 amide bonds. The third-order valence-corrected chi connectivity index (χ3v) is 4.67. The van der Waals surface area contributed by atoms with Gasteiger partial charge in [-0.15, -0.1) is 36.2 Å². The maximum atomic E-state index is 12.2. The van der Waals surface area contributed by atoms with Crippen molar-refractivity contribution in [2.45, 2.75) is 38.8 Å². The highest BCUT2D eigenvalue weighted by atomic mass is 35.5. The summed E-state index contributed by atoms with van der Waals surface area (Å²) in [6, 6.07) is 0.228. The van der Waals surface area contributed by atoms with E-state index in [1.54, 1.807) is 7.11 Å². The van der Waals surface area contributed by atoms with Gasteiger partial charge in [-0.3, -0.25) is 4.79 Å². The van der Waals surface area contributed by atoms with Crippen molar-refractivity contribution >= 4 is 42.1 Å². The first kappa shape index (κ1) is 20.6. The van der Waals surface area contributed by atoms with Crippen LogP contribution >= 0.6 is 36.2 Å². The quantitative estimate of drug-likeness (QED) is 0.870. The van der Waals surface area contributed by atoms with Crippen LogP contribution in [0.3, 0.4) is 0 Å². The number of aromatic nitrogens is 1. The highest BCUT2D eigenvalue weighted by Gasteiger charge is 2.21. The fourth-order valence-corrected chi connectivity index (χ4v) is 3.13. The normalized spacial score (nSPS) is 19.1. The van der Waals surface area contributed by atoms with Crippen LogP contribution in [0, 0.1) is 6.92 Å². The zero-order chi connectivity index (χ0) is 13.8. The van der Waals surface area contributed by atoms with Crippen molar-refractivity contribution < 1.29 is 9.53 Å². The zero-order valence-corrected chi connectivity index (χ0v) is 14.9. The van der Waals surface area contributed by atoms with Crippen LogP contribution in [0.5, 0.6) is 0 Å². The number of halogens is 2. The first-order valence-electron chi connectivity index (χ1n) is 6.63. The van der Waals surface area contributed by atoms with Gasteiger partial charge in [-0.25, -0.2) is 4.98 Å². The number of carbonyl (C=O) groups is 1. The average molecular weight is 356 g/mol. The molecular weight excluding hydrogens is 333 g/mol. The standard InChI is InChI=1S/C13H21N3O2S.2ClH/c1-8-11(19-13(15-8)9(2)18-3)12(17)16-10-5-4-6-14-7-10;;/h9-10,14H,4-7H2,1-3H3,(H,16,17);2*1H/t9?,10-;;/m0../s1. The van der Waals surface area contributed by atoms with Gasteiger partial charge < -0.3 is 15.4 Å². The third-order valence-electron chi connectivity index (χ3n) is 3.35. The van der Waals surface area contributed by atoms with Crippen LogP contribution in [0.2, 0.25) is 0 Å². The molecule has 2 N–H and O–H groups in total. The molecule has 0 radical (unpaired) electrons. The van der Waals surface area contributed by atoms with Crippen LogP contribution < -0.4 is 10.6 Å². The van der Waals surface area contributed by atoms with Crippen LogP contribution in [0.4, 0.5) is 0 Å². The molecule has 1 aliphatic heterocycles. The summed E-state index contributed by atoms with van der Waals surface area (Å²) in [6.07, 6.45) is 2.08. The SMILES string of the molecule is COC(C)c1nc(C)c(C(=O)N[C@H]2CCCNC2)s1.Cl.Cl. The molecule has 8 heteroatoms. The van der Waals surface area contributed by atoms with Gasteiger partial charge in [0.05, 0.1) is 5.69 Å². The van der Waals surface area contributed by atoms with Crippen LogP contribution in [-0.4, -0.2) is 37.1 Å².